The summed E-state index contributed by atoms with van der Waals surface area (Å²) >= 11 is 0. The van der Waals surface area contributed by atoms with Crippen molar-refractivity contribution in [3.8, 4) is 5.75 Å². The first kappa shape index (κ1) is 16.9. The van der Waals surface area contributed by atoms with Crippen LogP contribution in [0.3, 0.4) is 0 Å². The maximum Gasteiger partial charge on any atom is 0.131 e. The zero-order valence-electron chi connectivity index (χ0n) is 13.1. The van der Waals surface area contributed by atoms with E-state index in [2.05, 4.69) is 5.32 Å². The number of halogens is 1. The molecular formula is C16H26FNO2. The quantitative estimate of drug-likeness (QED) is 0.789. The summed E-state index contributed by atoms with van der Waals surface area (Å²) in [5.41, 5.74) is 0.385. The Hall–Kier alpha value is -1.13. The molecular weight excluding hydrogens is 257 g/mol. The molecule has 0 bridgehead atoms. The molecule has 0 radical (unpaired) electrons. The average molecular weight is 283 g/mol. The van der Waals surface area contributed by atoms with E-state index >= 15 is 0 Å². The molecule has 1 aromatic carbocycles. The third kappa shape index (κ3) is 4.46. The molecule has 0 aromatic heterocycles. The molecule has 1 unspecified atom stereocenters. The molecule has 1 atom stereocenters. The van der Waals surface area contributed by atoms with Crippen molar-refractivity contribution in [2.45, 2.75) is 45.3 Å². The van der Waals surface area contributed by atoms with Crippen LogP contribution in [0.1, 0.15) is 45.2 Å². The van der Waals surface area contributed by atoms with Crippen molar-refractivity contribution in [2.24, 2.45) is 0 Å². The normalized spacial score (nSPS) is 13.3. The van der Waals surface area contributed by atoms with Gasteiger partial charge in [-0.3, -0.25) is 0 Å². The zero-order chi connectivity index (χ0) is 15.2. The average Bonchev–Trinajstić information content (AvgIpc) is 2.43. The Kier molecular flexibility index (Phi) is 6.43. The van der Waals surface area contributed by atoms with Crippen molar-refractivity contribution >= 4 is 0 Å². The van der Waals surface area contributed by atoms with Gasteiger partial charge in [0.05, 0.1) is 12.7 Å². The SMILES string of the molecule is CCNC(CCC(C)(C)OC)c1c(F)cccc1OC. The van der Waals surface area contributed by atoms with Crippen LogP contribution < -0.4 is 10.1 Å². The zero-order valence-corrected chi connectivity index (χ0v) is 13.1. The van der Waals surface area contributed by atoms with Crippen molar-refractivity contribution in [3.63, 3.8) is 0 Å². The van der Waals surface area contributed by atoms with Gasteiger partial charge in [-0.15, -0.1) is 0 Å². The van der Waals surface area contributed by atoms with E-state index in [1.807, 2.05) is 20.8 Å². The van der Waals surface area contributed by atoms with Crippen molar-refractivity contribution in [1.82, 2.24) is 5.32 Å². The highest BCUT2D eigenvalue weighted by Crippen LogP contribution is 2.32. The first-order valence-electron chi connectivity index (χ1n) is 7.06. The summed E-state index contributed by atoms with van der Waals surface area (Å²) in [6.07, 6.45) is 1.62. The van der Waals surface area contributed by atoms with E-state index in [0.717, 1.165) is 19.4 Å². The highest BCUT2D eigenvalue weighted by atomic mass is 19.1. The van der Waals surface area contributed by atoms with E-state index in [-0.39, 0.29) is 17.5 Å². The fourth-order valence-electron chi connectivity index (χ4n) is 2.22. The summed E-state index contributed by atoms with van der Waals surface area (Å²) in [5.74, 6) is 0.358. The number of benzene rings is 1. The molecule has 1 aromatic rings. The van der Waals surface area contributed by atoms with Crippen LogP contribution in [-0.4, -0.2) is 26.4 Å². The highest BCUT2D eigenvalue weighted by molar-refractivity contribution is 5.37. The smallest absolute Gasteiger partial charge is 0.131 e. The van der Waals surface area contributed by atoms with Gasteiger partial charge in [0.25, 0.3) is 0 Å². The lowest BCUT2D eigenvalue weighted by atomic mass is 9.94. The first-order valence-corrected chi connectivity index (χ1v) is 7.06. The van der Waals surface area contributed by atoms with Gasteiger partial charge < -0.3 is 14.8 Å². The minimum atomic E-state index is -0.231. The molecule has 3 nitrogen and oxygen atoms in total. The summed E-state index contributed by atoms with van der Waals surface area (Å²) < 4.78 is 24.9. The molecule has 0 saturated heterocycles. The minimum Gasteiger partial charge on any atom is -0.496 e. The van der Waals surface area contributed by atoms with E-state index in [1.54, 1.807) is 26.4 Å². The number of hydrogen-bond acceptors (Lipinski definition) is 3. The van der Waals surface area contributed by atoms with Crippen LogP contribution in [0.5, 0.6) is 5.75 Å². The van der Waals surface area contributed by atoms with Crippen LogP contribution in [0.25, 0.3) is 0 Å². The van der Waals surface area contributed by atoms with Gasteiger partial charge in [-0.1, -0.05) is 13.0 Å². The third-order valence-corrected chi connectivity index (χ3v) is 3.62. The summed E-state index contributed by atoms with van der Waals surface area (Å²) in [6.45, 7) is 6.86. The van der Waals surface area contributed by atoms with Gasteiger partial charge in [0, 0.05) is 18.7 Å². The molecule has 114 valence electrons. The summed E-state index contributed by atoms with van der Waals surface area (Å²) in [7, 11) is 3.27. The minimum absolute atomic E-state index is 0.0782. The molecule has 0 heterocycles. The van der Waals surface area contributed by atoms with Gasteiger partial charge in [-0.2, -0.15) is 0 Å². The molecule has 0 fully saturated rings. The second-order valence-corrected chi connectivity index (χ2v) is 5.47. The van der Waals surface area contributed by atoms with Gasteiger partial charge in [-0.25, -0.2) is 4.39 Å². The van der Waals surface area contributed by atoms with E-state index in [1.165, 1.54) is 6.07 Å². The summed E-state index contributed by atoms with van der Waals surface area (Å²) in [5, 5.41) is 3.34. The van der Waals surface area contributed by atoms with Crippen molar-refractivity contribution < 1.29 is 13.9 Å². The van der Waals surface area contributed by atoms with Crippen LogP contribution in [0.4, 0.5) is 4.39 Å². The first-order chi connectivity index (χ1) is 9.45. The number of nitrogens with one attached hydrogen (secondary N) is 1. The molecule has 1 N–H and O–H groups in total. The molecule has 0 spiro atoms. The van der Waals surface area contributed by atoms with Crippen LogP contribution in [0.2, 0.25) is 0 Å². The standard InChI is InChI=1S/C16H26FNO2/c1-6-18-13(10-11-16(2,3)20-5)15-12(17)8-7-9-14(15)19-4/h7-9,13,18H,6,10-11H2,1-5H3. The molecule has 0 aliphatic heterocycles. The van der Waals surface area contributed by atoms with Gasteiger partial charge in [0.15, 0.2) is 0 Å². The summed E-state index contributed by atoms with van der Waals surface area (Å²) in [6, 6.07) is 4.86. The molecule has 4 heteroatoms. The molecule has 0 aliphatic carbocycles. The topological polar surface area (TPSA) is 30.5 Å². The highest BCUT2D eigenvalue weighted by Gasteiger charge is 2.24. The van der Waals surface area contributed by atoms with Crippen LogP contribution in [-0.2, 0) is 4.74 Å². The lowest BCUT2D eigenvalue weighted by molar-refractivity contribution is 0.0115. The largest absolute Gasteiger partial charge is 0.496 e. The Balaban J connectivity index is 2.96. The number of methoxy groups -OCH3 is 2. The third-order valence-electron chi connectivity index (χ3n) is 3.62. The lowest BCUT2D eigenvalue weighted by Gasteiger charge is -2.27. The molecule has 20 heavy (non-hydrogen) atoms. The van der Waals surface area contributed by atoms with Crippen molar-refractivity contribution in [1.29, 1.82) is 0 Å². The van der Waals surface area contributed by atoms with E-state index < -0.39 is 0 Å². The molecule has 0 amide bonds. The second kappa shape index (κ2) is 7.60. The molecule has 0 saturated carbocycles. The Bertz CT molecular complexity index is 421. The van der Waals surface area contributed by atoms with Crippen LogP contribution in [0.15, 0.2) is 18.2 Å². The van der Waals surface area contributed by atoms with Gasteiger partial charge >= 0.3 is 0 Å². The fourth-order valence-corrected chi connectivity index (χ4v) is 2.22. The maximum absolute atomic E-state index is 14.2. The predicted octanol–water partition coefficient (Wildman–Crippen LogP) is 3.69. The van der Waals surface area contributed by atoms with Crippen LogP contribution in [0, 0.1) is 5.82 Å². The number of rotatable bonds is 8. The maximum atomic E-state index is 14.2. The van der Waals surface area contributed by atoms with E-state index in [0.29, 0.717) is 11.3 Å². The Morgan fingerprint density at radius 3 is 2.55 bits per heavy atom. The number of hydrogen-bond donors (Lipinski definition) is 1. The van der Waals surface area contributed by atoms with Crippen molar-refractivity contribution in [3.05, 3.63) is 29.6 Å². The second-order valence-electron chi connectivity index (χ2n) is 5.47. The van der Waals surface area contributed by atoms with Gasteiger partial charge in [0.1, 0.15) is 11.6 Å². The molecule has 0 aliphatic rings. The van der Waals surface area contributed by atoms with E-state index in [4.69, 9.17) is 9.47 Å². The van der Waals surface area contributed by atoms with Gasteiger partial charge in [-0.05, 0) is 45.4 Å². The fraction of sp³-hybridized carbons (Fsp3) is 0.625. The monoisotopic (exact) mass is 283 g/mol. The van der Waals surface area contributed by atoms with Crippen LogP contribution >= 0.6 is 0 Å². The predicted molar refractivity (Wildman–Crippen MR) is 79.7 cm³/mol. The molecule has 1 rings (SSSR count). The number of ether oxygens (including phenoxy) is 2. The Morgan fingerprint density at radius 1 is 1.30 bits per heavy atom. The lowest BCUT2D eigenvalue weighted by Crippen LogP contribution is -2.28. The van der Waals surface area contributed by atoms with Gasteiger partial charge in [0.2, 0.25) is 0 Å². The Morgan fingerprint density at radius 2 is 2.00 bits per heavy atom. The van der Waals surface area contributed by atoms with Crippen molar-refractivity contribution in [2.75, 3.05) is 20.8 Å². The van der Waals surface area contributed by atoms with E-state index in [9.17, 15) is 4.39 Å². The Labute approximate surface area is 121 Å². The summed E-state index contributed by atoms with van der Waals surface area (Å²) in [4.78, 5) is 0.